The van der Waals surface area contributed by atoms with Crippen LogP contribution >= 0.6 is 23.1 Å². The predicted molar refractivity (Wildman–Crippen MR) is 112 cm³/mol. The van der Waals surface area contributed by atoms with Gasteiger partial charge in [-0.25, -0.2) is 4.79 Å². The molecule has 1 N–H and O–H groups in total. The van der Waals surface area contributed by atoms with Gasteiger partial charge in [0, 0.05) is 9.77 Å². The van der Waals surface area contributed by atoms with Crippen LogP contribution in [0.1, 0.15) is 58.3 Å². The van der Waals surface area contributed by atoms with Gasteiger partial charge in [-0.2, -0.15) is 0 Å². The van der Waals surface area contributed by atoms with Gasteiger partial charge < -0.3 is 10.1 Å². The van der Waals surface area contributed by atoms with Crippen LogP contribution in [0, 0.1) is 5.92 Å². The Hall–Kier alpha value is -1.79. The van der Waals surface area contributed by atoms with Gasteiger partial charge in [0.1, 0.15) is 5.00 Å². The average molecular weight is 404 g/mol. The van der Waals surface area contributed by atoms with E-state index in [1.54, 1.807) is 18.7 Å². The Balaban J connectivity index is 1.94. The maximum Gasteiger partial charge on any atom is 0.341 e. The van der Waals surface area contributed by atoms with E-state index in [2.05, 4.69) is 19.2 Å². The molecule has 0 aliphatic heterocycles. The molecule has 1 amide bonds. The van der Waals surface area contributed by atoms with Crippen LogP contribution in [-0.4, -0.2) is 24.2 Å². The number of carbonyl (C=O) groups excluding carboxylic acids is 2. The molecule has 1 atom stereocenters. The van der Waals surface area contributed by atoms with Crippen molar-refractivity contribution in [2.45, 2.75) is 44.9 Å². The highest BCUT2D eigenvalue weighted by Crippen LogP contribution is 2.40. The molecular weight excluding hydrogens is 378 g/mol. The van der Waals surface area contributed by atoms with Crippen molar-refractivity contribution in [3.8, 4) is 0 Å². The number of carbonyl (C=O) groups is 2. The Morgan fingerprint density at radius 2 is 2.07 bits per heavy atom. The zero-order chi connectivity index (χ0) is 19.4. The van der Waals surface area contributed by atoms with E-state index in [1.165, 1.54) is 16.2 Å². The monoisotopic (exact) mass is 403 g/mol. The van der Waals surface area contributed by atoms with Crippen LogP contribution in [0.4, 0.5) is 5.00 Å². The van der Waals surface area contributed by atoms with Gasteiger partial charge in [0.15, 0.2) is 0 Å². The lowest BCUT2D eigenvalue weighted by Crippen LogP contribution is -2.17. The van der Waals surface area contributed by atoms with Crippen molar-refractivity contribution in [1.82, 2.24) is 0 Å². The van der Waals surface area contributed by atoms with Gasteiger partial charge in [-0.15, -0.1) is 23.1 Å². The summed E-state index contributed by atoms with van der Waals surface area (Å²) in [7, 11) is 0. The van der Waals surface area contributed by atoms with E-state index in [4.69, 9.17) is 4.74 Å². The molecule has 3 rings (SSSR count). The lowest BCUT2D eigenvalue weighted by molar-refractivity contribution is 0.0526. The quantitative estimate of drug-likeness (QED) is 0.517. The van der Waals surface area contributed by atoms with Gasteiger partial charge >= 0.3 is 5.97 Å². The minimum absolute atomic E-state index is 0.177. The number of benzene rings is 1. The van der Waals surface area contributed by atoms with Crippen LogP contribution in [-0.2, 0) is 17.6 Å². The number of ether oxygens (including phenoxy) is 1. The topological polar surface area (TPSA) is 55.4 Å². The van der Waals surface area contributed by atoms with Gasteiger partial charge in [0.2, 0.25) is 0 Å². The van der Waals surface area contributed by atoms with Crippen molar-refractivity contribution in [3.63, 3.8) is 0 Å². The molecule has 0 radical (unpaired) electrons. The van der Waals surface area contributed by atoms with Gasteiger partial charge in [-0.05, 0) is 55.6 Å². The summed E-state index contributed by atoms with van der Waals surface area (Å²) in [4.78, 5) is 27.7. The van der Waals surface area contributed by atoms with Crippen molar-refractivity contribution >= 4 is 40.0 Å². The summed E-state index contributed by atoms with van der Waals surface area (Å²) in [6.07, 6.45) is 2.86. The maximum atomic E-state index is 12.9. The number of thiophene rings is 1. The largest absolute Gasteiger partial charge is 0.462 e. The van der Waals surface area contributed by atoms with Crippen molar-refractivity contribution in [2.24, 2.45) is 5.92 Å². The van der Waals surface area contributed by atoms with Crippen LogP contribution in [0.2, 0.25) is 0 Å². The summed E-state index contributed by atoms with van der Waals surface area (Å²) in [5, 5.41) is 3.62. The first-order valence-electron chi connectivity index (χ1n) is 9.39. The molecule has 1 aromatic carbocycles. The van der Waals surface area contributed by atoms with E-state index in [-0.39, 0.29) is 11.9 Å². The van der Waals surface area contributed by atoms with Crippen LogP contribution in [0.25, 0.3) is 0 Å². The second kappa shape index (κ2) is 8.93. The van der Waals surface area contributed by atoms with Crippen LogP contribution in [0.15, 0.2) is 29.2 Å². The summed E-state index contributed by atoms with van der Waals surface area (Å²) in [5.41, 5.74) is 2.25. The summed E-state index contributed by atoms with van der Waals surface area (Å²) in [5.74, 6) is 0.972. The Morgan fingerprint density at radius 3 is 2.81 bits per heavy atom. The van der Waals surface area contributed by atoms with E-state index in [0.717, 1.165) is 35.5 Å². The molecule has 0 fully saturated rings. The van der Waals surface area contributed by atoms with Crippen molar-refractivity contribution < 1.29 is 14.3 Å². The number of thioether (sulfide) groups is 1. The van der Waals surface area contributed by atoms with E-state index in [1.807, 2.05) is 24.3 Å². The van der Waals surface area contributed by atoms with E-state index in [0.29, 0.717) is 28.7 Å². The van der Waals surface area contributed by atoms with E-state index in [9.17, 15) is 9.59 Å². The first-order chi connectivity index (χ1) is 13.0. The molecule has 0 saturated heterocycles. The Kier molecular flexibility index (Phi) is 6.60. The fraction of sp³-hybridized carbons (Fsp3) is 0.429. The van der Waals surface area contributed by atoms with Crippen LogP contribution in [0.5, 0.6) is 0 Å². The molecule has 1 aromatic heterocycles. The predicted octanol–water partition coefficient (Wildman–Crippen LogP) is 5.41. The third-order valence-corrected chi connectivity index (χ3v) is 6.78. The third kappa shape index (κ3) is 4.38. The molecule has 144 valence electrons. The van der Waals surface area contributed by atoms with E-state index < -0.39 is 0 Å². The first kappa shape index (κ1) is 20.0. The standard InChI is InChI=1S/C21H25NO3S2/c1-4-25-21(24)18-14-11-10-13(3)12-17(14)27-20(18)22-19(23)15-8-6-7-9-16(15)26-5-2/h6-9,13H,4-5,10-12H2,1-3H3,(H,22,23)/t13-/m0/s1. The zero-order valence-corrected chi connectivity index (χ0v) is 17.6. The molecule has 27 heavy (non-hydrogen) atoms. The summed E-state index contributed by atoms with van der Waals surface area (Å²) >= 11 is 3.16. The molecule has 0 spiro atoms. The third-order valence-electron chi connectivity index (χ3n) is 4.65. The fourth-order valence-corrected chi connectivity index (χ4v) is 5.56. The maximum absolute atomic E-state index is 12.9. The van der Waals surface area contributed by atoms with Gasteiger partial charge in [0.05, 0.1) is 17.7 Å². The molecule has 1 aliphatic carbocycles. The number of anilines is 1. The summed E-state index contributed by atoms with van der Waals surface area (Å²) in [6.45, 7) is 6.41. The van der Waals surface area contributed by atoms with Crippen LogP contribution in [0.3, 0.4) is 0 Å². The van der Waals surface area contributed by atoms with Crippen molar-refractivity contribution in [2.75, 3.05) is 17.7 Å². The van der Waals surface area contributed by atoms with Gasteiger partial charge in [-0.3, -0.25) is 4.79 Å². The molecule has 0 bridgehead atoms. The molecule has 0 saturated carbocycles. The van der Waals surface area contributed by atoms with Crippen molar-refractivity contribution in [3.05, 3.63) is 45.8 Å². The molecule has 4 nitrogen and oxygen atoms in total. The Labute approximate surface area is 168 Å². The average Bonchev–Trinajstić information content (AvgIpc) is 2.99. The highest BCUT2D eigenvalue weighted by molar-refractivity contribution is 7.99. The SMILES string of the molecule is CCOC(=O)c1c(NC(=O)c2ccccc2SCC)sc2c1CC[C@H](C)C2. The number of rotatable bonds is 6. The summed E-state index contributed by atoms with van der Waals surface area (Å²) in [6, 6.07) is 7.58. The number of hydrogen-bond acceptors (Lipinski definition) is 5. The van der Waals surface area contributed by atoms with Gasteiger partial charge in [-0.1, -0.05) is 26.0 Å². The number of hydrogen-bond donors (Lipinski definition) is 1. The van der Waals surface area contributed by atoms with Crippen LogP contribution < -0.4 is 5.32 Å². The Bertz CT molecular complexity index is 844. The molecule has 6 heteroatoms. The first-order valence-corrected chi connectivity index (χ1v) is 11.2. The minimum Gasteiger partial charge on any atom is -0.462 e. The number of fused-ring (bicyclic) bond motifs is 1. The zero-order valence-electron chi connectivity index (χ0n) is 16.0. The lowest BCUT2D eigenvalue weighted by Gasteiger charge is -2.18. The van der Waals surface area contributed by atoms with Gasteiger partial charge in [0.25, 0.3) is 5.91 Å². The number of amides is 1. The highest BCUT2D eigenvalue weighted by Gasteiger charge is 2.29. The molecule has 1 aliphatic rings. The van der Waals surface area contributed by atoms with Crippen molar-refractivity contribution in [1.29, 1.82) is 0 Å². The molecular formula is C21H25NO3S2. The number of esters is 1. The molecule has 2 aromatic rings. The number of nitrogens with one attached hydrogen (secondary N) is 1. The molecule has 1 heterocycles. The highest BCUT2D eigenvalue weighted by atomic mass is 32.2. The smallest absolute Gasteiger partial charge is 0.341 e. The second-order valence-corrected chi connectivity index (χ2v) is 9.07. The fourth-order valence-electron chi connectivity index (χ4n) is 3.36. The van der Waals surface area contributed by atoms with E-state index >= 15 is 0 Å². The molecule has 0 unspecified atom stereocenters. The Morgan fingerprint density at radius 1 is 1.30 bits per heavy atom. The normalized spacial score (nSPS) is 15.9. The lowest BCUT2D eigenvalue weighted by atomic mass is 9.88. The minimum atomic E-state index is -0.337. The summed E-state index contributed by atoms with van der Waals surface area (Å²) < 4.78 is 5.28. The second-order valence-electron chi connectivity index (χ2n) is 6.66.